The molecule has 2 fully saturated rings. The van der Waals surface area contributed by atoms with Gasteiger partial charge in [0.1, 0.15) is 29.1 Å². The summed E-state index contributed by atoms with van der Waals surface area (Å²) < 4.78 is 22.6. The largest absolute Gasteiger partial charge is 0.456 e. The average molecular weight is 391 g/mol. The number of fused-ring (bicyclic) bond motifs is 2. The van der Waals surface area contributed by atoms with Crippen LogP contribution < -0.4 is 9.47 Å². The first kappa shape index (κ1) is 16.7. The van der Waals surface area contributed by atoms with E-state index in [1.165, 1.54) is 0 Å². The highest BCUT2D eigenvalue weighted by Crippen LogP contribution is 2.32. The van der Waals surface area contributed by atoms with Gasteiger partial charge in [-0.2, -0.15) is 9.97 Å². The Balaban J connectivity index is 1.37. The molecule has 10 heteroatoms. The monoisotopic (exact) mass is 390 g/mol. The Morgan fingerprint density at radius 2 is 1.96 bits per heavy atom. The summed E-state index contributed by atoms with van der Waals surface area (Å²) in [5.41, 5.74) is 1.02. The second-order valence-electron chi connectivity index (χ2n) is 6.29. The van der Waals surface area contributed by atoms with Gasteiger partial charge in [-0.15, -0.1) is 0 Å². The van der Waals surface area contributed by atoms with E-state index in [-0.39, 0.29) is 36.8 Å². The van der Waals surface area contributed by atoms with Crippen LogP contribution in [-0.4, -0.2) is 62.7 Å². The van der Waals surface area contributed by atoms with Gasteiger partial charge >= 0.3 is 0 Å². The molecule has 5 rings (SSSR count). The highest BCUT2D eigenvalue weighted by atomic mass is 35.5. The van der Waals surface area contributed by atoms with Crippen LogP contribution in [0.2, 0.25) is 5.02 Å². The first-order chi connectivity index (χ1) is 13.2. The predicted octanol–water partition coefficient (Wildman–Crippen LogP) is 1.70. The van der Waals surface area contributed by atoms with Crippen molar-refractivity contribution in [2.24, 2.45) is 0 Å². The zero-order chi connectivity index (χ0) is 18.4. The van der Waals surface area contributed by atoms with Gasteiger partial charge in [0.2, 0.25) is 5.88 Å². The lowest BCUT2D eigenvalue weighted by Gasteiger charge is -2.15. The summed E-state index contributed by atoms with van der Waals surface area (Å²) in [6.45, 7) is 0.552. The van der Waals surface area contributed by atoms with E-state index in [0.717, 1.165) is 0 Å². The van der Waals surface area contributed by atoms with Gasteiger partial charge in [-0.1, -0.05) is 11.6 Å². The summed E-state index contributed by atoms with van der Waals surface area (Å²) >= 11 is 6.26. The summed E-state index contributed by atoms with van der Waals surface area (Å²) in [5.74, 6) is 0.803. The van der Waals surface area contributed by atoms with Crippen molar-refractivity contribution in [2.45, 2.75) is 24.4 Å². The van der Waals surface area contributed by atoms with E-state index in [1.54, 1.807) is 30.6 Å². The van der Waals surface area contributed by atoms with Gasteiger partial charge in [-0.3, -0.25) is 4.98 Å². The second-order valence-corrected chi connectivity index (χ2v) is 6.70. The molecule has 3 aromatic rings. The van der Waals surface area contributed by atoms with Gasteiger partial charge in [0, 0.05) is 12.4 Å². The minimum Gasteiger partial charge on any atom is -0.456 e. The number of hydrogen-bond donors (Lipinski definition) is 2. The Bertz CT molecular complexity index is 969. The lowest BCUT2D eigenvalue weighted by atomic mass is 10.1. The Hall–Kier alpha value is -2.46. The van der Waals surface area contributed by atoms with Crippen molar-refractivity contribution < 1.29 is 24.1 Å². The Morgan fingerprint density at radius 3 is 2.81 bits per heavy atom. The molecule has 4 atom stereocenters. The first-order valence-corrected chi connectivity index (χ1v) is 8.77. The van der Waals surface area contributed by atoms with Crippen LogP contribution >= 0.6 is 11.6 Å². The Labute approximate surface area is 158 Å². The quantitative estimate of drug-likeness (QED) is 0.692. The molecule has 2 saturated heterocycles. The highest BCUT2D eigenvalue weighted by Gasteiger charge is 2.48. The van der Waals surface area contributed by atoms with Crippen LogP contribution in [0.15, 0.2) is 30.6 Å². The molecule has 2 aliphatic rings. The predicted molar refractivity (Wildman–Crippen MR) is 93.1 cm³/mol. The van der Waals surface area contributed by atoms with Crippen molar-refractivity contribution >= 4 is 22.8 Å². The maximum Gasteiger partial charge on any atom is 0.296 e. The molecule has 2 aliphatic heterocycles. The smallest absolute Gasteiger partial charge is 0.296 e. The van der Waals surface area contributed by atoms with Crippen LogP contribution in [-0.2, 0) is 9.47 Å². The first-order valence-electron chi connectivity index (χ1n) is 8.39. The third-order valence-electron chi connectivity index (χ3n) is 4.48. The summed E-state index contributed by atoms with van der Waals surface area (Å²) in [4.78, 5) is 15.6. The maximum atomic E-state index is 9.81. The Morgan fingerprint density at radius 1 is 1.15 bits per heavy atom. The average Bonchev–Trinajstić information content (AvgIpc) is 3.34. The van der Waals surface area contributed by atoms with Gasteiger partial charge in [0.05, 0.1) is 18.7 Å². The van der Waals surface area contributed by atoms with Crippen molar-refractivity contribution in [1.82, 2.24) is 19.9 Å². The van der Waals surface area contributed by atoms with Crippen LogP contribution in [0, 0.1) is 0 Å². The van der Waals surface area contributed by atoms with E-state index >= 15 is 0 Å². The van der Waals surface area contributed by atoms with Gasteiger partial charge in [-0.05, 0) is 18.2 Å². The number of pyridine rings is 2. The van der Waals surface area contributed by atoms with Gasteiger partial charge in [0.25, 0.3) is 6.01 Å². The molecular formula is C17H15ClN4O5. The third kappa shape index (κ3) is 3.08. The molecule has 27 heavy (non-hydrogen) atoms. The van der Waals surface area contributed by atoms with Crippen molar-refractivity contribution in [3.63, 3.8) is 0 Å². The number of hydrogen-bond acceptors (Lipinski definition) is 8. The lowest BCUT2D eigenvalue weighted by molar-refractivity contribution is 0.00706. The number of halogens is 1. The summed E-state index contributed by atoms with van der Waals surface area (Å²) in [5, 5.41) is 10.1. The molecule has 0 aliphatic carbocycles. The van der Waals surface area contributed by atoms with Crippen LogP contribution in [0.3, 0.4) is 0 Å². The summed E-state index contributed by atoms with van der Waals surface area (Å²) in [7, 11) is 0. The van der Waals surface area contributed by atoms with Crippen molar-refractivity contribution in [1.29, 1.82) is 0 Å². The maximum absolute atomic E-state index is 9.81. The number of rotatable bonds is 4. The second kappa shape index (κ2) is 6.61. The van der Waals surface area contributed by atoms with Gasteiger partial charge in [0.15, 0.2) is 11.8 Å². The lowest BCUT2D eigenvalue weighted by Crippen LogP contribution is -2.34. The zero-order valence-corrected chi connectivity index (χ0v) is 14.7. The molecule has 0 bridgehead atoms. The number of nitrogens with zero attached hydrogens (tertiary/aromatic N) is 3. The molecule has 0 aromatic carbocycles. The standard InChI is InChI=1S/C17H15ClN4O5/c18-9-5-10-15(21-16(9)26-8-1-3-19-4-2-8)22-17(20-10)27-12-7-25-13-11(23)6-24-14(12)13/h1-5,11-14,23H,6-7H2,(H,20,21,22)/t11-,12-,13-,14?/m1/s1. The zero-order valence-electron chi connectivity index (χ0n) is 13.9. The molecular weight excluding hydrogens is 376 g/mol. The van der Waals surface area contributed by atoms with Crippen LogP contribution in [0.5, 0.6) is 17.6 Å². The number of ether oxygens (including phenoxy) is 4. The molecule has 2 N–H and O–H groups in total. The molecule has 5 heterocycles. The van der Waals surface area contributed by atoms with E-state index in [9.17, 15) is 5.11 Å². The molecule has 0 radical (unpaired) electrons. The van der Waals surface area contributed by atoms with E-state index in [1.807, 2.05) is 0 Å². The van der Waals surface area contributed by atoms with Crippen molar-refractivity contribution in [3.8, 4) is 17.6 Å². The van der Waals surface area contributed by atoms with Crippen molar-refractivity contribution in [3.05, 3.63) is 35.6 Å². The van der Waals surface area contributed by atoms with E-state index in [4.69, 9.17) is 30.5 Å². The van der Waals surface area contributed by atoms with E-state index in [2.05, 4.69) is 19.9 Å². The molecule has 0 spiro atoms. The number of aliphatic hydroxyl groups excluding tert-OH is 1. The molecule has 0 amide bonds. The SMILES string of the molecule is O[C@@H]1COC2[C@H](Oc3nc4nc(Oc5ccncc5)c(Cl)cc4[nH]3)CO[C@@H]21. The minimum absolute atomic E-state index is 0.236. The van der Waals surface area contributed by atoms with Crippen molar-refractivity contribution in [2.75, 3.05) is 13.2 Å². The van der Waals surface area contributed by atoms with E-state index < -0.39 is 6.10 Å². The fraction of sp³-hybridized carbons (Fsp3) is 0.353. The molecule has 3 aromatic heterocycles. The minimum atomic E-state index is -0.632. The number of imidazole rings is 1. The topological polar surface area (TPSA) is 112 Å². The Kier molecular flexibility index (Phi) is 4.09. The van der Waals surface area contributed by atoms with Crippen LogP contribution in [0.25, 0.3) is 11.2 Å². The number of aliphatic hydroxyl groups is 1. The molecule has 140 valence electrons. The molecule has 9 nitrogen and oxygen atoms in total. The van der Waals surface area contributed by atoms with Crippen LogP contribution in [0.4, 0.5) is 0 Å². The molecule has 0 saturated carbocycles. The third-order valence-corrected chi connectivity index (χ3v) is 4.75. The van der Waals surface area contributed by atoms with Crippen LogP contribution in [0.1, 0.15) is 0 Å². The number of aromatic nitrogens is 4. The summed E-state index contributed by atoms with van der Waals surface area (Å²) in [6.07, 6.45) is 1.54. The van der Waals surface area contributed by atoms with E-state index in [0.29, 0.717) is 28.5 Å². The van der Waals surface area contributed by atoms with Gasteiger partial charge in [-0.25, -0.2) is 0 Å². The summed E-state index contributed by atoms with van der Waals surface area (Å²) in [6, 6.07) is 5.35. The molecule has 1 unspecified atom stereocenters. The van der Waals surface area contributed by atoms with Gasteiger partial charge < -0.3 is 29.0 Å². The number of nitrogens with one attached hydrogen (secondary N) is 1. The highest BCUT2D eigenvalue weighted by molar-refractivity contribution is 6.32. The number of aromatic amines is 1. The fourth-order valence-electron chi connectivity index (χ4n) is 3.21. The normalized spacial score (nSPS) is 27.0. The number of H-pyrrole nitrogens is 1. The fourth-order valence-corrected chi connectivity index (χ4v) is 3.40.